The van der Waals surface area contributed by atoms with Gasteiger partial charge in [-0.15, -0.1) is 23.1 Å². The maximum absolute atomic E-state index is 11.6. The lowest BCUT2D eigenvalue weighted by Crippen LogP contribution is -2.12. The summed E-state index contributed by atoms with van der Waals surface area (Å²) >= 11 is 2.82. The molecule has 19 heavy (non-hydrogen) atoms. The second-order valence-corrected chi connectivity index (χ2v) is 5.88. The lowest BCUT2D eigenvalue weighted by Gasteiger charge is -2.09. The number of rotatable bonds is 7. The van der Waals surface area contributed by atoms with Crippen LogP contribution in [0.15, 0.2) is 4.90 Å². The molecule has 0 saturated heterocycles. The van der Waals surface area contributed by atoms with Crippen LogP contribution >= 0.6 is 23.1 Å². The van der Waals surface area contributed by atoms with Crippen LogP contribution in [-0.2, 0) is 9.47 Å². The highest BCUT2D eigenvalue weighted by molar-refractivity contribution is 7.99. The van der Waals surface area contributed by atoms with Crippen molar-refractivity contribution in [3.8, 4) is 0 Å². The zero-order valence-corrected chi connectivity index (χ0v) is 13.2. The molecule has 7 heteroatoms. The second kappa shape index (κ2) is 7.62. The molecule has 0 saturated carbocycles. The van der Waals surface area contributed by atoms with E-state index in [0.29, 0.717) is 23.7 Å². The summed E-state index contributed by atoms with van der Waals surface area (Å²) in [6.45, 7) is 5.26. The van der Waals surface area contributed by atoms with Gasteiger partial charge in [-0.1, -0.05) is 0 Å². The van der Waals surface area contributed by atoms with E-state index >= 15 is 0 Å². The number of carbonyl (C=O) groups excluding carboxylic acids is 1. The van der Waals surface area contributed by atoms with E-state index in [4.69, 9.17) is 15.2 Å². The average molecular weight is 304 g/mol. The number of anilines is 2. The van der Waals surface area contributed by atoms with Crippen LogP contribution in [0.1, 0.15) is 23.5 Å². The summed E-state index contributed by atoms with van der Waals surface area (Å²) in [4.78, 5) is 12.9. The van der Waals surface area contributed by atoms with E-state index in [1.165, 1.54) is 30.2 Å². The molecule has 0 atom stereocenters. The molecule has 108 valence electrons. The van der Waals surface area contributed by atoms with Gasteiger partial charge >= 0.3 is 5.97 Å². The monoisotopic (exact) mass is 304 g/mol. The summed E-state index contributed by atoms with van der Waals surface area (Å²) in [7, 11) is 1.35. The van der Waals surface area contributed by atoms with Crippen molar-refractivity contribution < 1.29 is 14.3 Å². The van der Waals surface area contributed by atoms with Crippen LogP contribution in [0.4, 0.5) is 10.7 Å². The number of nitrogen functional groups attached to an aromatic ring is 1. The number of esters is 1. The molecule has 3 N–H and O–H groups in total. The minimum atomic E-state index is -0.399. The summed E-state index contributed by atoms with van der Waals surface area (Å²) in [5, 5.41) is 4.13. The SMILES string of the molecule is COC(=O)c1sc(NCCOC(C)C)c(SC)c1N. The number of carbonyl (C=O) groups is 1. The summed E-state index contributed by atoms with van der Waals surface area (Å²) in [5.41, 5.74) is 6.44. The molecule has 0 radical (unpaired) electrons. The molecule has 1 aromatic rings. The van der Waals surface area contributed by atoms with Gasteiger partial charge in [-0.05, 0) is 20.1 Å². The summed E-state index contributed by atoms with van der Waals surface area (Å²) < 4.78 is 10.2. The average Bonchev–Trinajstić information content (AvgIpc) is 2.70. The minimum Gasteiger partial charge on any atom is -0.465 e. The Labute approximate surface area is 121 Å². The van der Waals surface area contributed by atoms with Crippen molar-refractivity contribution in [1.29, 1.82) is 0 Å². The number of hydrogen-bond donors (Lipinski definition) is 2. The van der Waals surface area contributed by atoms with Gasteiger partial charge < -0.3 is 20.5 Å². The number of methoxy groups -OCH3 is 1. The molecule has 0 bridgehead atoms. The Hall–Kier alpha value is -0.920. The van der Waals surface area contributed by atoms with Crippen molar-refractivity contribution in [1.82, 2.24) is 0 Å². The molecule has 0 unspecified atom stereocenters. The van der Waals surface area contributed by atoms with Crippen LogP contribution in [0.25, 0.3) is 0 Å². The fourth-order valence-corrected chi connectivity index (χ4v) is 3.43. The summed E-state index contributed by atoms with van der Waals surface area (Å²) in [6.07, 6.45) is 2.13. The first-order valence-corrected chi connectivity index (χ1v) is 7.95. The highest BCUT2D eigenvalue weighted by Crippen LogP contribution is 2.41. The maximum Gasteiger partial charge on any atom is 0.350 e. The van der Waals surface area contributed by atoms with E-state index in [9.17, 15) is 4.79 Å². The summed E-state index contributed by atoms with van der Waals surface area (Å²) in [6, 6.07) is 0. The van der Waals surface area contributed by atoms with Gasteiger partial charge in [0.2, 0.25) is 0 Å². The van der Waals surface area contributed by atoms with E-state index in [1.54, 1.807) is 0 Å². The Balaban J connectivity index is 2.74. The molecule has 0 amide bonds. The fourth-order valence-electron chi connectivity index (χ4n) is 1.45. The molecule has 0 aliphatic carbocycles. The first-order chi connectivity index (χ1) is 9.01. The van der Waals surface area contributed by atoms with Crippen molar-refractivity contribution >= 4 is 39.8 Å². The second-order valence-electron chi connectivity index (χ2n) is 4.05. The standard InChI is InChI=1S/C12H20N2O3S2/c1-7(2)17-6-5-14-11-9(18-4)8(13)10(19-11)12(15)16-3/h7,14H,5-6,13H2,1-4H3. The first kappa shape index (κ1) is 16.1. The third-order valence-corrected chi connectivity index (χ3v) is 4.42. The van der Waals surface area contributed by atoms with E-state index in [1.807, 2.05) is 20.1 Å². The predicted molar refractivity (Wildman–Crippen MR) is 81.4 cm³/mol. The van der Waals surface area contributed by atoms with Crippen LogP contribution in [0, 0.1) is 0 Å². The van der Waals surface area contributed by atoms with Crippen molar-refractivity contribution in [2.45, 2.75) is 24.8 Å². The third-order valence-electron chi connectivity index (χ3n) is 2.31. The molecular weight excluding hydrogens is 284 g/mol. The molecule has 5 nitrogen and oxygen atoms in total. The van der Waals surface area contributed by atoms with E-state index < -0.39 is 5.97 Å². The molecule has 0 aromatic carbocycles. The van der Waals surface area contributed by atoms with Crippen molar-refractivity contribution in [2.75, 3.05) is 37.6 Å². The number of hydrogen-bond acceptors (Lipinski definition) is 7. The molecule has 1 heterocycles. The van der Waals surface area contributed by atoms with Gasteiger partial charge in [0.15, 0.2) is 0 Å². The predicted octanol–water partition coefficient (Wildman–Crippen LogP) is 2.68. The van der Waals surface area contributed by atoms with Crippen LogP contribution in [0.2, 0.25) is 0 Å². The van der Waals surface area contributed by atoms with Gasteiger partial charge in [0.05, 0.1) is 30.4 Å². The molecule has 1 aromatic heterocycles. The molecule has 0 fully saturated rings. The number of nitrogens with two attached hydrogens (primary N) is 1. The molecule has 0 aliphatic heterocycles. The van der Waals surface area contributed by atoms with Gasteiger partial charge in [0.1, 0.15) is 9.88 Å². The summed E-state index contributed by atoms with van der Waals surface area (Å²) in [5.74, 6) is -0.399. The molecule has 1 rings (SSSR count). The number of thiophene rings is 1. The van der Waals surface area contributed by atoms with Crippen LogP contribution in [-0.4, -0.2) is 38.6 Å². The first-order valence-electron chi connectivity index (χ1n) is 5.91. The van der Waals surface area contributed by atoms with E-state index in [-0.39, 0.29) is 6.10 Å². The normalized spacial score (nSPS) is 10.8. The van der Waals surface area contributed by atoms with Gasteiger partial charge in [-0.25, -0.2) is 4.79 Å². The molecule has 0 aliphatic rings. The Morgan fingerprint density at radius 3 is 2.74 bits per heavy atom. The van der Waals surface area contributed by atoms with Crippen molar-refractivity contribution in [3.05, 3.63) is 4.88 Å². The minimum absolute atomic E-state index is 0.209. The van der Waals surface area contributed by atoms with Gasteiger partial charge in [-0.2, -0.15) is 0 Å². The van der Waals surface area contributed by atoms with Crippen LogP contribution in [0.5, 0.6) is 0 Å². The third kappa shape index (κ3) is 4.29. The fraction of sp³-hybridized carbons (Fsp3) is 0.583. The van der Waals surface area contributed by atoms with Gasteiger partial charge in [0.25, 0.3) is 0 Å². The maximum atomic E-state index is 11.6. The van der Waals surface area contributed by atoms with Gasteiger partial charge in [0, 0.05) is 6.54 Å². The number of thioether (sulfide) groups is 1. The lowest BCUT2D eigenvalue weighted by atomic mass is 10.4. The highest BCUT2D eigenvalue weighted by atomic mass is 32.2. The quantitative estimate of drug-likeness (QED) is 0.458. The molecule has 0 spiro atoms. The number of nitrogens with one attached hydrogen (secondary N) is 1. The van der Waals surface area contributed by atoms with Crippen molar-refractivity contribution in [2.24, 2.45) is 0 Å². The zero-order chi connectivity index (χ0) is 14.4. The van der Waals surface area contributed by atoms with E-state index in [2.05, 4.69) is 5.32 Å². The Morgan fingerprint density at radius 2 is 2.21 bits per heavy atom. The van der Waals surface area contributed by atoms with Crippen LogP contribution in [0.3, 0.4) is 0 Å². The van der Waals surface area contributed by atoms with Crippen LogP contribution < -0.4 is 11.1 Å². The Bertz CT molecular complexity index is 433. The van der Waals surface area contributed by atoms with Crippen molar-refractivity contribution in [3.63, 3.8) is 0 Å². The molecular formula is C12H20N2O3S2. The van der Waals surface area contributed by atoms with Gasteiger partial charge in [-0.3, -0.25) is 0 Å². The largest absolute Gasteiger partial charge is 0.465 e. The smallest absolute Gasteiger partial charge is 0.350 e. The Morgan fingerprint density at radius 1 is 1.53 bits per heavy atom. The topological polar surface area (TPSA) is 73.6 Å². The lowest BCUT2D eigenvalue weighted by molar-refractivity contribution is 0.0607. The van der Waals surface area contributed by atoms with E-state index in [0.717, 1.165) is 9.90 Å². The Kier molecular flexibility index (Phi) is 6.47. The highest BCUT2D eigenvalue weighted by Gasteiger charge is 2.20. The zero-order valence-electron chi connectivity index (χ0n) is 11.6. The number of ether oxygens (including phenoxy) is 2.